The standard InChI is InChI=1S/C28H30N2O7/c1-17-6-9-21(10-7-17)36-13-12-30-22-16-20(8-11-23(22)37-18(2)28(30)32)29-27(31)19-14-24(33-3)26(35-5)25(15-19)34-4/h6-11,14-16,18H,12-13H2,1-5H3,(H,29,31). The van der Waals surface area contributed by atoms with E-state index in [0.717, 1.165) is 11.3 Å². The van der Waals surface area contributed by atoms with Crippen LogP contribution in [0.5, 0.6) is 28.7 Å². The van der Waals surface area contributed by atoms with Crippen LogP contribution in [0, 0.1) is 6.92 Å². The highest BCUT2D eigenvalue weighted by Gasteiger charge is 2.32. The lowest BCUT2D eigenvalue weighted by Crippen LogP contribution is -2.46. The van der Waals surface area contributed by atoms with Crippen molar-refractivity contribution in [2.24, 2.45) is 0 Å². The molecule has 1 unspecified atom stereocenters. The minimum Gasteiger partial charge on any atom is -0.493 e. The number of nitrogens with one attached hydrogen (secondary N) is 1. The van der Waals surface area contributed by atoms with Gasteiger partial charge in [-0.05, 0) is 56.3 Å². The lowest BCUT2D eigenvalue weighted by Gasteiger charge is -2.33. The van der Waals surface area contributed by atoms with E-state index in [4.69, 9.17) is 23.7 Å². The molecule has 9 nitrogen and oxygen atoms in total. The first-order chi connectivity index (χ1) is 17.8. The van der Waals surface area contributed by atoms with Crippen LogP contribution in [-0.2, 0) is 4.79 Å². The monoisotopic (exact) mass is 506 g/mol. The summed E-state index contributed by atoms with van der Waals surface area (Å²) >= 11 is 0. The van der Waals surface area contributed by atoms with E-state index in [1.165, 1.54) is 21.3 Å². The number of amides is 2. The zero-order valence-electron chi connectivity index (χ0n) is 21.5. The van der Waals surface area contributed by atoms with Gasteiger partial charge < -0.3 is 33.9 Å². The van der Waals surface area contributed by atoms with E-state index in [1.807, 2.05) is 31.2 Å². The Kier molecular flexibility index (Phi) is 7.71. The molecular weight excluding hydrogens is 476 g/mol. The van der Waals surface area contributed by atoms with E-state index < -0.39 is 6.10 Å². The number of nitrogens with zero attached hydrogens (tertiary/aromatic N) is 1. The Morgan fingerprint density at radius 3 is 2.27 bits per heavy atom. The Bertz CT molecular complexity index is 1270. The van der Waals surface area contributed by atoms with Gasteiger partial charge in [-0.15, -0.1) is 0 Å². The number of aryl methyl sites for hydroxylation is 1. The number of anilines is 2. The van der Waals surface area contributed by atoms with E-state index in [0.29, 0.717) is 53.1 Å². The molecule has 37 heavy (non-hydrogen) atoms. The normalized spacial score (nSPS) is 14.4. The molecule has 0 spiro atoms. The van der Waals surface area contributed by atoms with Gasteiger partial charge in [0.1, 0.15) is 18.1 Å². The lowest BCUT2D eigenvalue weighted by atomic mass is 10.1. The molecule has 0 aliphatic carbocycles. The summed E-state index contributed by atoms with van der Waals surface area (Å²) < 4.78 is 27.7. The first-order valence-corrected chi connectivity index (χ1v) is 11.8. The van der Waals surface area contributed by atoms with Gasteiger partial charge in [0.25, 0.3) is 11.8 Å². The number of methoxy groups -OCH3 is 3. The summed E-state index contributed by atoms with van der Waals surface area (Å²) in [5, 5.41) is 2.87. The van der Waals surface area contributed by atoms with Gasteiger partial charge in [-0.2, -0.15) is 0 Å². The van der Waals surface area contributed by atoms with Gasteiger partial charge in [0.2, 0.25) is 5.75 Å². The van der Waals surface area contributed by atoms with Crippen molar-refractivity contribution in [3.8, 4) is 28.7 Å². The van der Waals surface area contributed by atoms with Gasteiger partial charge in [0, 0.05) is 11.3 Å². The van der Waals surface area contributed by atoms with Crippen molar-refractivity contribution in [3.05, 3.63) is 65.7 Å². The fraction of sp³-hybridized carbons (Fsp3) is 0.286. The molecule has 1 aliphatic rings. The van der Waals surface area contributed by atoms with Crippen molar-refractivity contribution in [3.63, 3.8) is 0 Å². The summed E-state index contributed by atoms with van der Waals surface area (Å²) in [5.74, 6) is 1.83. The minimum atomic E-state index is -0.633. The van der Waals surface area contributed by atoms with Crippen molar-refractivity contribution >= 4 is 23.2 Å². The highest BCUT2D eigenvalue weighted by atomic mass is 16.5. The van der Waals surface area contributed by atoms with Crippen LogP contribution in [-0.4, -0.2) is 52.4 Å². The second-order valence-electron chi connectivity index (χ2n) is 8.46. The molecule has 1 N–H and O–H groups in total. The fourth-order valence-corrected chi connectivity index (χ4v) is 4.02. The molecule has 0 saturated carbocycles. The third-order valence-electron chi connectivity index (χ3n) is 5.96. The van der Waals surface area contributed by atoms with E-state index in [1.54, 1.807) is 42.2 Å². The predicted molar refractivity (Wildman–Crippen MR) is 140 cm³/mol. The number of rotatable bonds is 9. The zero-order valence-corrected chi connectivity index (χ0v) is 21.5. The number of ether oxygens (including phenoxy) is 5. The van der Waals surface area contributed by atoms with Crippen LogP contribution in [0.15, 0.2) is 54.6 Å². The van der Waals surface area contributed by atoms with Crippen LogP contribution < -0.4 is 33.9 Å². The SMILES string of the molecule is COc1cc(C(=O)Nc2ccc3c(c2)N(CCOc2ccc(C)cc2)C(=O)C(C)O3)cc(OC)c1OC. The average Bonchev–Trinajstić information content (AvgIpc) is 2.91. The maximum absolute atomic E-state index is 13.1. The Morgan fingerprint density at radius 2 is 1.65 bits per heavy atom. The van der Waals surface area contributed by atoms with Gasteiger partial charge in [0.15, 0.2) is 17.6 Å². The molecule has 2 amide bonds. The molecule has 0 fully saturated rings. The van der Waals surface area contributed by atoms with Gasteiger partial charge in [-0.25, -0.2) is 0 Å². The highest BCUT2D eigenvalue weighted by molar-refractivity contribution is 6.06. The number of fused-ring (bicyclic) bond motifs is 1. The first-order valence-electron chi connectivity index (χ1n) is 11.8. The summed E-state index contributed by atoms with van der Waals surface area (Å²) in [6.07, 6.45) is -0.633. The summed E-state index contributed by atoms with van der Waals surface area (Å²) in [5.41, 5.74) is 2.50. The third kappa shape index (κ3) is 5.55. The molecule has 1 heterocycles. The number of carbonyl (C=O) groups is 2. The Morgan fingerprint density at radius 1 is 0.973 bits per heavy atom. The molecule has 0 aromatic heterocycles. The third-order valence-corrected chi connectivity index (χ3v) is 5.96. The molecule has 4 rings (SSSR count). The smallest absolute Gasteiger partial charge is 0.267 e. The largest absolute Gasteiger partial charge is 0.493 e. The maximum Gasteiger partial charge on any atom is 0.267 e. The molecule has 194 valence electrons. The Hall–Kier alpha value is -4.40. The van der Waals surface area contributed by atoms with Crippen LogP contribution in [0.2, 0.25) is 0 Å². The van der Waals surface area contributed by atoms with E-state index in [9.17, 15) is 9.59 Å². The van der Waals surface area contributed by atoms with Crippen LogP contribution in [0.25, 0.3) is 0 Å². The maximum atomic E-state index is 13.1. The van der Waals surface area contributed by atoms with Crippen LogP contribution in [0.1, 0.15) is 22.8 Å². The fourth-order valence-electron chi connectivity index (χ4n) is 4.02. The van der Waals surface area contributed by atoms with E-state index in [-0.39, 0.29) is 11.8 Å². The number of carbonyl (C=O) groups excluding carboxylic acids is 2. The van der Waals surface area contributed by atoms with Crippen molar-refractivity contribution in [2.45, 2.75) is 20.0 Å². The number of hydrogen-bond donors (Lipinski definition) is 1. The molecule has 1 aliphatic heterocycles. The Labute approximate surface area is 215 Å². The topological polar surface area (TPSA) is 95.6 Å². The van der Waals surface area contributed by atoms with Crippen LogP contribution >= 0.6 is 0 Å². The predicted octanol–water partition coefficient (Wildman–Crippen LogP) is 4.47. The molecule has 3 aromatic rings. The molecular formula is C28H30N2O7. The summed E-state index contributed by atoms with van der Waals surface area (Å²) in [6.45, 7) is 4.33. The Balaban J connectivity index is 1.54. The summed E-state index contributed by atoms with van der Waals surface area (Å²) in [7, 11) is 4.46. The molecule has 0 saturated heterocycles. The lowest BCUT2D eigenvalue weighted by molar-refractivity contribution is -0.125. The van der Waals surface area contributed by atoms with Gasteiger partial charge in [0.05, 0.1) is 33.6 Å². The molecule has 1 atom stereocenters. The van der Waals surface area contributed by atoms with Crippen molar-refractivity contribution in [1.29, 1.82) is 0 Å². The summed E-state index contributed by atoms with van der Waals surface area (Å²) in [6, 6.07) is 16.0. The number of benzene rings is 3. The van der Waals surface area contributed by atoms with Crippen LogP contribution in [0.4, 0.5) is 11.4 Å². The molecule has 3 aromatic carbocycles. The van der Waals surface area contributed by atoms with Crippen molar-refractivity contribution in [2.75, 3.05) is 44.7 Å². The zero-order chi connectivity index (χ0) is 26.5. The average molecular weight is 507 g/mol. The highest BCUT2D eigenvalue weighted by Crippen LogP contribution is 2.39. The molecule has 0 bridgehead atoms. The minimum absolute atomic E-state index is 0.187. The van der Waals surface area contributed by atoms with E-state index in [2.05, 4.69) is 5.32 Å². The van der Waals surface area contributed by atoms with Crippen LogP contribution in [0.3, 0.4) is 0 Å². The van der Waals surface area contributed by atoms with Gasteiger partial charge in [-0.1, -0.05) is 17.7 Å². The van der Waals surface area contributed by atoms with Gasteiger partial charge >= 0.3 is 0 Å². The van der Waals surface area contributed by atoms with Crippen molar-refractivity contribution in [1.82, 2.24) is 0 Å². The first kappa shape index (κ1) is 25.7. The number of hydrogen-bond acceptors (Lipinski definition) is 7. The molecule has 0 radical (unpaired) electrons. The van der Waals surface area contributed by atoms with E-state index >= 15 is 0 Å². The molecule has 9 heteroatoms. The van der Waals surface area contributed by atoms with Gasteiger partial charge in [-0.3, -0.25) is 9.59 Å². The second-order valence-corrected chi connectivity index (χ2v) is 8.46. The quantitative estimate of drug-likeness (QED) is 0.458. The second kappa shape index (κ2) is 11.1. The van der Waals surface area contributed by atoms with Crippen molar-refractivity contribution < 1.29 is 33.3 Å². The summed E-state index contributed by atoms with van der Waals surface area (Å²) in [4.78, 5) is 27.6.